The molecule has 0 spiro atoms. The third-order valence-corrected chi connectivity index (χ3v) is 9.10. The largest absolute Gasteiger partial charge is 0.465 e. The number of ether oxygens (including phenoxy) is 1. The Kier molecular flexibility index (Phi) is 8.83. The van der Waals surface area contributed by atoms with E-state index in [4.69, 9.17) is 4.74 Å². The first-order valence-electron chi connectivity index (χ1n) is 14.2. The molecule has 1 saturated heterocycles. The van der Waals surface area contributed by atoms with Gasteiger partial charge in [-0.3, -0.25) is 9.59 Å². The van der Waals surface area contributed by atoms with Gasteiger partial charge in [-0.15, -0.1) is 11.3 Å². The maximum atomic E-state index is 13.6. The normalized spacial score (nSPS) is 13.7. The van der Waals surface area contributed by atoms with Crippen molar-refractivity contribution in [1.82, 2.24) is 9.88 Å². The average molecular weight is 582 g/mol. The number of hydrogen-bond acceptors (Lipinski definition) is 6. The zero-order chi connectivity index (χ0) is 29.8. The summed E-state index contributed by atoms with van der Waals surface area (Å²) in [6.07, 6.45) is 1.67. The number of benzene rings is 3. The minimum absolute atomic E-state index is 0.0381. The van der Waals surface area contributed by atoms with E-state index < -0.39 is 0 Å². The summed E-state index contributed by atoms with van der Waals surface area (Å²) in [5.41, 5.74) is 5.04. The summed E-state index contributed by atoms with van der Waals surface area (Å²) in [6.45, 7) is 7.32. The minimum Gasteiger partial charge on any atom is -0.465 e. The predicted octanol–water partition coefficient (Wildman–Crippen LogP) is 7.30. The van der Waals surface area contributed by atoms with Crippen LogP contribution in [-0.2, 0) is 4.74 Å². The van der Waals surface area contributed by atoms with E-state index in [-0.39, 0.29) is 23.7 Å². The van der Waals surface area contributed by atoms with Crippen molar-refractivity contribution in [3.63, 3.8) is 0 Å². The molecule has 1 fully saturated rings. The van der Waals surface area contributed by atoms with Crippen LogP contribution in [0.15, 0.2) is 72.8 Å². The quantitative estimate of drug-likeness (QED) is 0.231. The number of aryl methyl sites for hydroxylation is 1. The second-order valence-electron chi connectivity index (χ2n) is 10.9. The molecule has 1 aliphatic rings. The van der Waals surface area contributed by atoms with Crippen molar-refractivity contribution in [3.8, 4) is 10.4 Å². The van der Waals surface area contributed by atoms with Crippen LogP contribution in [0.25, 0.3) is 10.4 Å². The number of esters is 1. The summed E-state index contributed by atoms with van der Waals surface area (Å²) in [4.78, 5) is 46.2. The van der Waals surface area contributed by atoms with Crippen molar-refractivity contribution < 1.29 is 19.1 Å². The molecular formula is C34H35N3O4S. The summed E-state index contributed by atoms with van der Waals surface area (Å²) in [6, 6.07) is 22.8. The smallest absolute Gasteiger partial charge is 0.337 e. The van der Waals surface area contributed by atoms with Gasteiger partial charge in [-0.2, -0.15) is 0 Å². The summed E-state index contributed by atoms with van der Waals surface area (Å²) in [5, 5.41) is 3.90. The van der Waals surface area contributed by atoms with Crippen LogP contribution in [0.4, 0.5) is 5.69 Å². The molecule has 0 unspecified atom stereocenters. The standard InChI is InChI=1S/C34H35N3O4S/c1-21(2)32-36-29(30(42-32)25-8-6-5-7-9-25)31(38)35-27-15-10-22(3)28(20-27)33(39)37-18-16-24(17-19-37)23-11-13-26(14-12-23)34(40)41-4/h5-15,20-21,24H,16-19H2,1-4H3,(H,35,38). The molecule has 7 nitrogen and oxygen atoms in total. The number of thiazole rings is 1. The number of carbonyl (C=O) groups excluding carboxylic acids is 3. The number of methoxy groups -OCH3 is 1. The number of likely N-dealkylation sites (tertiary alicyclic amines) is 1. The summed E-state index contributed by atoms with van der Waals surface area (Å²) < 4.78 is 4.79. The van der Waals surface area contributed by atoms with Crippen LogP contribution in [0, 0.1) is 6.92 Å². The zero-order valence-corrected chi connectivity index (χ0v) is 25.2. The second-order valence-corrected chi connectivity index (χ2v) is 11.9. The highest BCUT2D eigenvalue weighted by molar-refractivity contribution is 7.15. The lowest BCUT2D eigenvalue weighted by Crippen LogP contribution is -2.38. The number of nitrogens with one attached hydrogen (secondary N) is 1. The van der Waals surface area contributed by atoms with Crippen LogP contribution in [0.1, 0.15) is 85.9 Å². The summed E-state index contributed by atoms with van der Waals surface area (Å²) in [5.74, 6) is -0.160. The van der Waals surface area contributed by atoms with Gasteiger partial charge >= 0.3 is 5.97 Å². The molecule has 1 aromatic heterocycles. The van der Waals surface area contributed by atoms with Crippen LogP contribution >= 0.6 is 11.3 Å². The number of anilines is 1. The predicted molar refractivity (Wildman–Crippen MR) is 166 cm³/mol. The van der Waals surface area contributed by atoms with E-state index in [1.54, 1.807) is 18.2 Å². The molecular weight excluding hydrogens is 546 g/mol. The monoisotopic (exact) mass is 581 g/mol. The first kappa shape index (κ1) is 29.2. The van der Waals surface area contributed by atoms with Gasteiger partial charge in [0.05, 0.1) is 22.6 Å². The van der Waals surface area contributed by atoms with E-state index in [2.05, 4.69) is 24.1 Å². The lowest BCUT2D eigenvalue weighted by molar-refractivity contribution is 0.0599. The number of carbonyl (C=O) groups is 3. The lowest BCUT2D eigenvalue weighted by atomic mass is 9.88. The number of nitrogens with zero attached hydrogens (tertiary/aromatic N) is 2. The van der Waals surface area contributed by atoms with Crippen molar-refractivity contribution in [2.75, 3.05) is 25.5 Å². The molecule has 3 aromatic carbocycles. The number of piperidine rings is 1. The van der Waals surface area contributed by atoms with Crippen LogP contribution in [0.3, 0.4) is 0 Å². The van der Waals surface area contributed by atoms with E-state index in [1.165, 1.54) is 18.4 Å². The van der Waals surface area contributed by atoms with Crippen LogP contribution < -0.4 is 5.32 Å². The van der Waals surface area contributed by atoms with Gasteiger partial charge in [-0.05, 0) is 66.6 Å². The van der Waals surface area contributed by atoms with Gasteiger partial charge in [0, 0.05) is 30.3 Å². The van der Waals surface area contributed by atoms with Crippen molar-refractivity contribution >= 4 is 34.8 Å². The molecule has 0 saturated carbocycles. The highest BCUT2D eigenvalue weighted by Gasteiger charge is 2.26. The number of amides is 2. The van der Waals surface area contributed by atoms with Gasteiger partial charge in [0.15, 0.2) is 0 Å². The zero-order valence-electron chi connectivity index (χ0n) is 24.3. The van der Waals surface area contributed by atoms with Crippen molar-refractivity contribution in [2.24, 2.45) is 0 Å². The molecule has 5 rings (SSSR count). The topological polar surface area (TPSA) is 88.6 Å². The molecule has 216 valence electrons. The fourth-order valence-electron chi connectivity index (χ4n) is 5.24. The fraction of sp³-hybridized carbons (Fsp3) is 0.294. The SMILES string of the molecule is COC(=O)c1ccc(C2CCN(C(=O)c3cc(NC(=O)c4nc(C(C)C)sc4-c4ccccc4)ccc3C)CC2)cc1. The van der Waals surface area contributed by atoms with E-state index in [0.717, 1.165) is 39.4 Å². The molecule has 1 aliphatic heterocycles. The lowest BCUT2D eigenvalue weighted by Gasteiger charge is -2.32. The van der Waals surface area contributed by atoms with E-state index >= 15 is 0 Å². The summed E-state index contributed by atoms with van der Waals surface area (Å²) in [7, 11) is 1.37. The number of rotatable bonds is 7. The van der Waals surface area contributed by atoms with Crippen molar-refractivity contribution in [3.05, 3.63) is 106 Å². The van der Waals surface area contributed by atoms with Crippen molar-refractivity contribution in [2.45, 2.75) is 45.4 Å². The maximum absolute atomic E-state index is 13.6. The molecule has 0 aliphatic carbocycles. The maximum Gasteiger partial charge on any atom is 0.337 e. The van der Waals surface area contributed by atoms with Gasteiger partial charge in [0.2, 0.25) is 0 Å². The number of hydrogen-bond donors (Lipinski definition) is 1. The highest BCUT2D eigenvalue weighted by Crippen LogP contribution is 2.34. The van der Waals surface area contributed by atoms with E-state index in [1.807, 2.05) is 66.4 Å². The first-order valence-corrected chi connectivity index (χ1v) is 15.0. The molecule has 2 heterocycles. The van der Waals surface area contributed by atoms with Gasteiger partial charge in [-0.1, -0.05) is 62.4 Å². The minimum atomic E-state index is -0.348. The third kappa shape index (κ3) is 6.29. The Bertz CT molecular complexity index is 1590. The Labute approximate surface area is 250 Å². The molecule has 0 atom stereocenters. The Morgan fingerprint density at radius 2 is 1.67 bits per heavy atom. The van der Waals surface area contributed by atoms with Gasteiger partial charge in [-0.25, -0.2) is 9.78 Å². The average Bonchev–Trinajstić information content (AvgIpc) is 3.48. The van der Waals surface area contributed by atoms with Gasteiger partial charge in [0.25, 0.3) is 11.8 Å². The third-order valence-electron chi connectivity index (χ3n) is 7.70. The van der Waals surface area contributed by atoms with Gasteiger partial charge in [0.1, 0.15) is 5.69 Å². The van der Waals surface area contributed by atoms with Crippen LogP contribution in [-0.4, -0.2) is 47.9 Å². The Morgan fingerprint density at radius 1 is 0.976 bits per heavy atom. The van der Waals surface area contributed by atoms with Crippen LogP contribution in [0.2, 0.25) is 0 Å². The van der Waals surface area contributed by atoms with E-state index in [9.17, 15) is 14.4 Å². The molecule has 8 heteroatoms. The molecule has 0 bridgehead atoms. The summed E-state index contributed by atoms with van der Waals surface area (Å²) >= 11 is 1.54. The van der Waals surface area contributed by atoms with Crippen LogP contribution in [0.5, 0.6) is 0 Å². The highest BCUT2D eigenvalue weighted by atomic mass is 32.1. The Morgan fingerprint density at radius 3 is 2.31 bits per heavy atom. The molecule has 0 radical (unpaired) electrons. The fourth-order valence-corrected chi connectivity index (χ4v) is 6.31. The van der Waals surface area contributed by atoms with E-state index in [0.29, 0.717) is 41.5 Å². The Hall–Kier alpha value is -4.30. The second kappa shape index (κ2) is 12.7. The van der Waals surface area contributed by atoms with Gasteiger partial charge < -0.3 is 15.0 Å². The molecule has 1 N–H and O–H groups in total. The van der Waals surface area contributed by atoms with Crippen molar-refractivity contribution in [1.29, 1.82) is 0 Å². The molecule has 4 aromatic rings. The molecule has 2 amide bonds. The first-order chi connectivity index (χ1) is 20.2. The Balaban J connectivity index is 1.28. The molecule has 42 heavy (non-hydrogen) atoms. The number of aromatic nitrogens is 1.